The summed E-state index contributed by atoms with van der Waals surface area (Å²) in [4.78, 5) is 27.8. The van der Waals surface area contributed by atoms with Gasteiger partial charge in [-0.05, 0) is 30.0 Å². The summed E-state index contributed by atoms with van der Waals surface area (Å²) in [5.74, 6) is 0.453. The Morgan fingerprint density at radius 3 is 2.77 bits per heavy atom. The van der Waals surface area contributed by atoms with Crippen LogP contribution in [0.3, 0.4) is 0 Å². The summed E-state index contributed by atoms with van der Waals surface area (Å²) in [5.41, 5.74) is 1.27. The lowest BCUT2D eigenvalue weighted by Crippen LogP contribution is -2.41. The third kappa shape index (κ3) is 4.12. The first-order chi connectivity index (χ1) is 14.5. The second-order valence-electron chi connectivity index (χ2n) is 7.89. The van der Waals surface area contributed by atoms with Gasteiger partial charge in [-0.2, -0.15) is 0 Å². The number of carbonyl (C=O) groups is 2. The largest absolute Gasteiger partial charge is 0.467 e. The number of rotatable bonds is 7. The molecule has 156 valence electrons. The van der Waals surface area contributed by atoms with Crippen LogP contribution in [0.4, 0.5) is 0 Å². The van der Waals surface area contributed by atoms with Crippen molar-refractivity contribution in [3.8, 4) is 0 Å². The smallest absolute Gasteiger partial charge is 0.277 e. The number of nitrogens with one attached hydrogen (secondary N) is 1. The van der Waals surface area contributed by atoms with Crippen molar-refractivity contribution < 1.29 is 14.0 Å². The first-order valence-corrected chi connectivity index (χ1v) is 10.1. The third-order valence-corrected chi connectivity index (χ3v) is 5.21. The zero-order valence-electron chi connectivity index (χ0n) is 17.1. The van der Waals surface area contributed by atoms with Crippen molar-refractivity contribution in [2.75, 3.05) is 6.54 Å². The minimum absolute atomic E-state index is 0.0781. The van der Waals surface area contributed by atoms with Gasteiger partial charge in [0.15, 0.2) is 11.4 Å². The molecule has 0 spiro atoms. The highest BCUT2D eigenvalue weighted by Crippen LogP contribution is 2.23. The Hall–Kier alpha value is -3.42. The Labute approximate surface area is 174 Å². The molecule has 0 bridgehead atoms. The highest BCUT2D eigenvalue weighted by molar-refractivity contribution is 6.05. The quantitative estimate of drug-likeness (QED) is 0.650. The molecular weight excluding hydrogens is 382 g/mol. The predicted molar refractivity (Wildman–Crippen MR) is 110 cm³/mol. The summed E-state index contributed by atoms with van der Waals surface area (Å²) in [7, 11) is 0. The topological polar surface area (TPSA) is 93.3 Å². The van der Waals surface area contributed by atoms with Crippen LogP contribution in [0.5, 0.6) is 0 Å². The molecule has 1 aliphatic rings. The molecule has 0 saturated carbocycles. The van der Waals surface area contributed by atoms with Gasteiger partial charge < -0.3 is 14.6 Å². The monoisotopic (exact) mass is 407 g/mol. The third-order valence-electron chi connectivity index (χ3n) is 5.21. The molecule has 1 atom stereocenters. The van der Waals surface area contributed by atoms with Crippen LogP contribution in [0.25, 0.3) is 0 Å². The van der Waals surface area contributed by atoms with E-state index < -0.39 is 0 Å². The number of nitrogens with zero attached hydrogens (tertiary/aromatic N) is 4. The van der Waals surface area contributed by atoms with Crippen molar-refractivity contribution in [2.24, 2.45) is 5.92 Å². The van der Waals surface area contributed by atoms with Gasteiger partial charge in [0.2, 0.25) is 0 Å². The Bertz CT molecular complexity index is 1010. The van der Waals surface area contributed by atoms with Crippen LogP contribution in [0.1, 0.15) is 58.6 Å². The van der Waals surface area contributed by atoms with E-state index in [1.807, 2.05) is 36.4 Å². The van der Waals surface area contributed by atoms with Crippen LogP contribution in [-0.4, -0.2) is 38.3 Å². The summed E-state index contributed by atoms with van der Waals surface area (Å²) in [5, 5.41) is 11.2. The number of hydrogen-bond donors (Lipinski definition) is 1. The van der Waals surface area contributed by atoms with Gasteiger partial charge in [0.1, 0.15) is 5.76 Å². The minimum Gasteiger partial charge on any atom is -0.467 e. The highest BCUT2D eigenvalue weighted by Gasteiger charge is 2.34. The van der Waals surface area contributed by atoms with Crippen molar-refractivity contribution >= 4 is 11.8 Å². The van der Waals surface area contributed by atoms with Gasteiger partial charge in [-0.25, -0.2) is 4.68 Å². The Balaban J connectivity index is 1.58. The van der Waals surface area contributed by atoms with E-state index in [1.54, 1.807) is 17.2 Å². The average Bonchev–Trinajstić information content (AvgIpc) is 3.41. The SMILES string of the molecule is CC(C)CCN(Cc1ccco1)C(=O)c1nnn2c1C(=O)N[C@@H](c1ccccc1)C2. The van der Waals surface area contributed by atoms with Gasteiger partial charge in [0.25, 0.3) is 11.8 Å². The van der Waals surface area contributed by atoms with Crippen molar-refractivity contribution in [3.63, 3.8) is 0 Å². The van der Waals surface area contributed by atoms with Crippen molar-refractivity contribution in [2.45, 2.75) is 39.4 Å². The number of benzene rings is 1. The first-order valence-electron chi connectivity index (χ1n) is 10.1. The highest BCUT2D eigenvalue weighted by atomic mass is 16.3. The number of fused-ring (bicyclic) bond motifs is 1. The molecule has 1 aromatic carbocycles. The van der Waals surface area contributed by atoms with Gasteiger partial charge in [-0.3, -0.25) is 9.59 Å². The molecule has 2 aromatic heterocycles. The van der Waals surface area contributed by atoms with Crippen molar-refractivity contribution in [1.82, 2.24) is 25.2 Å². The molecular formula is C22H25N5O3. The maximum absolute atomic E-state index is 13.3. The van der Waals surface area contributed by atoms with Gasteiger partial charge in [0.05, 0.1) is 25.4 Å². The molecule has 0 radical (unpaired) electrons. The van der Waals surface area contributed by atoms with E-state index in [1.165, 1.54) is 4.68 Å². The number of furan rings is 1. The van der Waals surface area contributed by atoms with Gasteiger partial charge in [0, 0.05) is 6.54 Å². The summed E-state index contributed by atoms with van der Waals surface area (Å²) in [6, 6.07) is 13.1. The Kier molecular flexibility index (Phi) is 5.65. The molecule has 8 nitrogen and oxygen atoms in total. The van der Waals surface area contributed by atoms with Crippen LogP contribution in [-0.2, 0) is 13.1 Å². The molecule has 8 heteroatoms. The molecule has 1 aliphatic heterocycles. The van der Waals surface area contributed by atoms with E-state index in [0.29, 0.717) is 31.3 Å². The van der Waals surface area contributed by atoms with Gasteiger partial charge in [-0.15, -0.1) is 5.10 Å². The Morgan fingerprint density at radius 1 is 1.27 bits per heavy atom. The number of aromatic nitrogens is 3. The summed E-state index contributed by atoms with van der Waals surface area (Å²) >= 11 is 0. The molecule has 30 heavy (non-hydrogen) atoms. The van der Waals surface area contributed by atoms with Crippen LogP contribution < -0.4 is 5.32 Å². The van der Waals surface area contributed by atoms with Crippen molar-refractivity contribution in [3.05, 3.63) is 71.4 Å². The molecule has 2 amide bonds. The summed E-state index contributed by atoms with van der Waals surface area (Å²) in [6.45, 7) is 5.49. The lowest BCUT2D eigenvalue weighted by molar-refractivity contribution is 0.0709. The van der Waals surface area contributed by atoms with Gasteiger partial charge >= 0.3 is 0 Å². The van der Waals surface area contributed by atoms with Crippen LogP contribution in [0.15, 0.2) is 53.1 Å². The molecule has 0 aliphatic carbocycles. The van der Waals surface area contributed by atoms with Crippen LogP contribution in [0.2, 0.25) is 0 Å². The summed E-state index contributed by atoms with van der Waals surface area (Å²) in [6.07, 6.45) is 2.41. The number of amides is 2. The number of hydrogen-bond acceptors (Lipinski definition) is 5. The molecule has 4 rings (SSSR count). The fraction of sp³-hybridized carbons (Fsp3) is 0.364. The van der Waals surface area contributed by atoms with Gasteiger partial charge in [-0.1, -0.05) is 49.4 Å². The van der Waals surface area contributed by atoms with E-state index >= 15 is 0 Å². The first kappa shape index (κ1) is 19.9. The molecule has 3 heterocycles. The zero-order chi connectivity index (χ0) is 21.1. The van der Waals surface area contributed by atoms with E-state index in [-0.39, 0.29) is 29.2 Å². The second-order valence-corrected chi connectivity index (χ2v) is 7.89. The van der Waals surface area contributed by atoms with Crippen LogP contribution in [0, 0.1) is 5.92 Å². The standard InChI is InChI=1S/C22H25N5O3/c1-15(2)10-11-26(13-17-9-6-12-30-17)22(29)19-20-21(28)23-18(14-27(20)25-24-19)16-7-4-3-5-8-16/h3-9,12,15,18H,10-11,13-14H2,1-2H3,(H,23,28)/t18-/m1/s1. The van der Waals surface area contributed by atoms with E-state index in [2.05, 4.69) is 29.5 Å². The van der Waals surface area contributed by atoms with E-state index in [0.717, 1.165) is 12.0 Å². The fourth-order valence-corrected chi connectivity index (χ4v) is 3.54. The maximum atomic E-state index is 13.3. The lowest BCUT2D eigenvalue weighted by Gasteiger charge is -2.26. The number of carbonyl (C=O) groups excluding carboxylic acids is 2. The normalized spacial score (nSPS) is 15.7. The predicted octanol–water partition coefficient (Wildman–Crippen LogP) is 3.04. The average molecular weight is 407 g/mol. The molecule has 0 fully saturated rings. The zero-order valence-corrected chi connectivity index (χ0v) is 17.1. The second kappa shape index (κ2) is 8.52. The Morgan fingerprint density at radius 2 is 2.07 bits per heavy atom. The molecule has 0 unspecified atom stereocenters. The lowest BCUT2D eigenvalue weighted by atomic mass is 10.0. The fourth-order valence-electron chi connectivity index (χ4n) is 3.54. The summed E-state index contributed by atoms with van der Waals surface area (Å²) < 4.78 is 6.95. The van der Waals surface area contributed by atoms with E-state index in [4.69, 9.17) is 4.42 Å². The maximum Gasteiger partial charge on any atom is 0.277 e. The molecule has 1 N–H and O–H groups in total. The van der Waals surface area contributed by atoms with E-state index in [9.17, 15) is 9.59 Å². The molecule has 0 saturated heterocycles. The van der Waals surface area contributed by atoms with Crippen molar-refractivity contribution in [1.29, 1.82) is 0 Å². The molecule has 3 aromatic rings. The van der Waals surface area contributed by atoms with Crippen LogP contribution >= 0.6 is 0 Å². The minimum atomic E-state index is -0.342.